The lowest BCUT2D eigenvalue weighted by Gasteiger charge is -2.25. The number of likely N-dealkylation sites (N-methyl/N-ethyl adjacent to an activating group) is 1. The van der Waals surface area contributed by atoms with Crippen LogP contribution in [-0.4, -0.2) is 29.4 Å². The summed E-state index contributed by atoms with van der Waals surface area (Å²) in [6.07, 6.45) is 3.48. The van der Waals surface area contributed by atoms with E-state index in [4.69, 9.17) is 9.47 Å². The maximum Gasteiger partial charge on any atom is 0.260 e. The molecule has 0 radical (unpaired) electrons. The van der Waals surface area contributed by atoms with E-state index in [1.54, 1.807) is 36.5 Å². The summed E-state index contributed by atoms with van der Waals surface area (Å²) in [5.41, 5.74) is 0.982. The third-order valence-electron chi connectivity index (χ3n) is 4.31. The molecular formula is C22H22N2O3. The second-order valence-corrected chi connectivity index (χ2v) is 6.14. The van der Waals surface area contributed by atoms with Gasteiger partial charge in [-0.15, -0.1) is 0 Å². The molecule has 1 heterocycles. The molecule has 1 unspecified atom stereocenters. The van der Waals surface area contributed by atoms with Gasteiger partial charge in [0.2, 0.25) is 0 Å². The second-order valence-electron chi connectivity index (χ2n) is 6.14. The zero-order chi connectivity index (χ0) is 19.1. The highest BCUT2D eigenvalue weighted by molar-refractivity contribution is 5.78. The molecule has 0 saturated heterocycles. The predicted octanol–water partition coefficient (Wildman–Crippen LogP) is 4.47. The van der Waals surface area contributed by atoms with E-state index < -0.39 is 0 Å². The number of rotatable bonds is 7. The average molecular weight is 362 g/mol. The van der Waals surface area contributed by atoms with Gasteiger partial charge in [0.25, 0.3) is 5.91 Å². The number of para-hydroxylation sites is 1. The molecule has 0 fully saturated rings. The van der Waals surface area contributed by atoms with Crippen molar-refractivity contribution in [2.45, 2.75) is 13.0 Å². The highest BCUT2D eigenvalue weighted by atomic mass is 16.5. The summed E-state index contributed by atoms with van der Waals surface area (Å²) in [5, 5.41) is 0. The van der Waals surface area contributed by atoms with Gasteiger partial charge in [0.15, 0.2) is 6.61 Å². The van der Waals surface area contributed by atoms with Crippen LogP contribution in [0.4, 0.5) is 0 Å². The van der Waals surface area contributed by atoms with Crippen molar-refractivity contribution >= 4 is 5.91 Å². The standard InChI is InChI=1S/C22H22N2O3/c1-17(18-7-6-14-23-15-18)24(2)22(25)16-26-19-10-12-21(13-11-19)27-20-8-4-3-5-9-20/h3-15,17H,16H2,1-2H3. The van der Waals surface area contributed by atoms with E-state index in [0.717, 1.165) is 11.3 Å². The summed E-state index contributed by atoms with van der Waals surface area (Å²) in [6, 6.07) is 20.5. The van der Waals surface area contributed by atoms with Crippen LogP contribution in [-0.2, 0) is 4.79 Å². The molecule has 0 aliphatic carbocycles. The van der Waals surface area contributed by atoms with Crippen molar-refractivity contribution in [2.24, 2.45) is 0 Å². The zero-order valence-corrected chi connectivity index (χ0v) is 15.4. The normalized spacial score (nSPS) is 11.5. The Hall–Kier alpha value is -3.34. The smallest absolute Gasteiger partial charge is 0.260 e. The van der Waals surface area contributed by atoms with Crippen LogP contribution < -0.4 is 9.47 Å². The summed E-state index contributed by atoms with van der Waals surface area (Å²) < 4.78 is 11.4. The quantitative estimate of drug-likeness (QED) is 0.622. The second kappa shape index (κ2) is 8.85. The molecule has 3 rings (SSSR count). The van der Waals surface area contributed by atoms with E-state index >= 15 is 0 Å². The van der Waals surface area contributed by atoms with Crippen LogP contribution in [0.15, 0.2) is 79.1 Å². The number of hydrogen-bond donors (Lipinski definition) is 0. The van der Waals surface area contributed by atoms with Crippen molar-refractivity contribution in [1.29, 1.82) is 0 Å². The molecule has 0 bridgehead atoms. The highest BCUT2D eigenvalue weighted by Crippen LogP contribution is 2.24. The van der Waals surface area contributed by atoms with Crippen molar-refractivity contribution in [3.63, 3.8) is 0 Å². The number of carbonyl (C=O) groups is 1. The maximum absolute atomic E-state index is 12.4. The van der Waals surface area contributed by atoms with E-state index in [2.05, 4.69) is 4.98 Å². The Kier molecular flexibility index (Phi) is 6.05. The molecule has 5 nitrogen and oxygen atoms in total. The van der Waals surface area contributed by atoms with Gasteiger partial charge in [-0.1, -0.05) is 24.3 Å². The van der Waals surface area contributed by atoms with Gasteiger partial charge >= 0.3 is 0 Å². The largest absolute Gasteiger partial charge is 0.484 e. The molecule has 0 aliphatic rings. The molecule has 0 aliphatic heterocycles. The van der Waals surface area contributed by atoms with Gasteiger partial charge in [-0.2, -0.15) is 0 Å². The van der Waals surface area contributed by atoms with Gasteiger partial charge in [0.05, 0.1) is 6.04 Å². The first-order chi connectivity index (χ1) is 13.1. The van der Waals surface area contributed by atoms with Crippen LogP contribution in [0.5, 0.6) is 17.2 Å². The number of aromatic nitrogens is 1. The molecule has 0 spiro atoms. The number of nitrogens with zero attached hydrogens (tertiary/aromatic N) is 2. The number of pyridine rings is 1. The Balaban J connectivity index is 1.52. The molecule has 1 amide bonds. The minimum atomic E-state index is -0.101. The fraction of sp³-hybridized carbons (Fsp3) is 0.182. The monoisotopic (exact) mass is 362 g/mol. The van der Waals surface area contributed by atoms with Crippen molar-refractivity contribution in [3.05, 3.63) is 84.7 Å². The van der Waals surface area contributed by atoms with Crippen LogP contribution in [0, 0.1) is 0 Å². The summed E-state index contributed by atoms with van der Waals surface area (Å²) >= 11 is 0. The van der Waals surface area contributed by atoms with E-state index in [1.807, 2.05) is 61.5 Å². The lowest BCUT2D eigenvalue weighted by Crippen LogP contribution is -2.33. The molecular weight excluding hydrogens is 340 g/mol. The first kappa shape index (κ1) is 18.5. The minimum Gasteiger partial charge on any atom is -0.484 e. The van der Waals surface area contributed by atoms with Crippen LogP contribution in [0.25, 0.3) is 0 Å². The Morgan fingerprint density at radius 1 is 0.963 bits per heavy atom. The number of hydrogen-bond acceptors (Lipinski definition) is 4. The van der Waals surface area contributed by atoms with Crippen LogP contribution >= 0.6 is 0 Å². The Labute approximate surface area is 159 Å². The van der Waals surface area contributed by atoms with Gasteiger partial charge in [-0.05, 0) is 55.0 Å². The number of amides is 1. The van der Waals surface area contributed by atoms with E-state index in [0.29, 0.717) is 11.5 Å². The fourth-order valence-corrected chi connectivity index (χ4v) is 2.54. The highest BCUT2D eigenvalue weighted by Gasteiger charge is 2.18. The molecule has 0 N–H and O–H groups in total. The van der Waals surface area contributed by atoms with Crippen LogP contribution in [0.1, 0.15) is 18.5 Å². The predicted molar refractivity (Wildman–Crippen MR) is 104 cm³/mol. The fourth-order valence-electron chi connectivity index (χ4n) is 2.54. The topological polar surface area (TPSA) is 51.7 Å². The molecule has 2 aromatic carbocycles. The van der Waals surface area contributed by atoms with Gasteiger partial charge in [-0.3, -0.25) is 9.78 Å². The summed E-state index contributed by atoms with van der Waals surface area (Å²) in [7, 11) is 1.76. The van der Waals surface area contributed by atoms with Gasteiger partial charge in [0, 0.05) is 19.4 Å². The van der Waals surface area contributed by atoms with Crippen molar-refractivity contribution in [3.8, 4) is 17.2 Å². The average Bonchev–Trinajstić information content (AvgIpc) is 2.73. The van der Waals surface area contributed by atoms with Gasteiger partial charge in [0.1, 0.15) is 17.2 Å². The Bertz CT molecular complexity index is 852. The molecule has 1 atom stereocenters. The lowest BCUT2D eigenvalue weighted by atomic mass is 10.1. The molecule has 27 heavy (non-hydrogen) atoms. The van der Waals surface area contributed by atoms with E-state index in [1.165, 1.54) is 0 Å². The first-order valence-corrected chi connectivity index (χ1v) is 8.75. The molecule has 1 aromatic heterocycles. The van der Waals surface area contributed by atoms with Crippen molar-refractivity contribution in [1.82, 2.24) is 9.88 Å². The first-order valence-electron chi connectivity index (χ1n) is 8.75. The van der Waals surface area contributed by atoms with E-state index in [-0.39, 0.29) is 18.6 Å². The van der Waals surface area contributed by atoms with Crippen molar-refractivity contribution < 1.29 is 14.3 Å². The molecule has 0 saturated carbocycles. The van der Waals surface area contributed by atoms with Crippen molar-refractivity contribution in [2.75, 3.05) is 13.7 Å². The van der Waals surface area contributed by atoms with Gasteiger partial charge in [-0.25, -0.2) is 0 Å². The zero-order valence-electron chi connectivity index (χ0n) is 15.4. The number of ether oxygens (including phenoxy) is 2. The summed E-state index contributed by atoms with van der Waals surface area (Å²) in [6.45, 7) is 1.94. The number of benzene rings is 2. The van der Waals surface area contributed by atoms with Gasteiger partial charge < -0.3 is 14.4 Å². The van der Waals surface area contributed by atoms with E-state index in [9.17, 15) is 4.79 Å². The summed E-state index contributed by atoms with van der Waals surface area (Å²) in [5.74, 6) is 2.00. The third-order valence-corrected chi connectivity index (χ3v) is 4.31. The molecule has 5 heteroatoms. The third kappa shape index (κ3) is 5.07. The van der Waals surface area contributed by atoms with Crippen LogP contribution in [0.2, 0.25) is 0 Å². The Morgan fingerprint density at radius 3 is 2.30 bits per heavy atom. The SMILES string of the molecule is CC(c1cccnc1)N(C)C(=O)COc1ccc(Oc2ccccc2)cc1. The lowest BCUT2D eigenvalue weighted by molar-refractivity contribution is -0.134. The van der Waals surface area contributed by atoms with Crippen LogP contribution in [0.3, 0.4) is 0 Å². The molecule has 3 aromatic rings. The minimum absolute atomic E-state index is 0.0278. The number of carbonyl (C=O) groups excluding carboxylic acids is 1. The summed E-state index contributed by atoms with van der Waals surface area (Å²) in [4.78, 5) is 18.1. The molecule has 138 valence electrons. The maximum atomic E-state index is 12.4. The Morgan fingerprint density at radius 2 is 1.63 bits per heavy atom.